The first-order chi connectivity index (χ1) is 10.7. The second-order valence-corrected chi connectivity index (χ2v) is 5.69. The van der Waals surface area contributed by atoms with Gasteiger partial charge in [-0.15, -0.1) is 0 Å². The molecule has 0 amide bonds. The summed E-state index contributed by atoms with van der Waals surface area (Å²) in [6.07, 6.45) is 5.71. The van der Waals surface area contributed by atoms with Crippen LogP contribution in [0.1, 0.15) is 18.4 Å². The molecule has 0 unspecified atom stereocenters. The Balaban J connectivity index is 1.73. The highest BCUT2D eigenvalue weighted by atomic mass is 19.1. The van der Waals surface area contributed by atoms with Gasteiger partial charge < -0.3 is 4.90 Å². The lowest BCUT2D eigenvalue weighted by molar-refractivity contribution is 0.626. The van der Waals surface area contributed by atoms with Gasteiger partial charge in [0.1, 0.15) is 18.0 Å². The Morgan fingerprint density at radius 3 is 2.73 bits per heavy atom. The topological polar surface area (TPSA) is 46.8 Å². The van der Waals surface area contributed by atoms with Gasteiger partial charge in [-0.2, -0.15) is 5.10 Å². The summed E-state index contributed by atoms with van der Waals surface area (Å²) < 4.78 is 14.8. The minimum absolute atomic E-state index is 0.210. The van der Waals surface area contributed by atoms with Gasteiger partial charge in [0.15, 0.2) is 5.65 Å². The molecule has 0 bridgehead atoms. The van der Waals surface area contributed by atoms with E-state index in [-0.39, 0.29) is 5.82 Å². The van der Waals surface area contributed by atoms with Crippen LogP contribution in [0.5, 0.6) is 0 Å². The van der Waals surface area contributed by atoms with Crippen molar-refractivity contribution in [1.82, 2.24) is 19.7 Å². The molecule has 6 heteroatoms. The SMILES string of the molecule is Cn1ncc2c(N(Cc3ccc(F)cc3)C3CC3)ncnc21. The molecule has 1 aromatic carbocycles. The molecule has 0 spiro atoms. The van der Waals surface area contributed by atoms with Gasteiger partial charge >= 0.3 is 0 Å². The fourth-order valence-electron chi connectivity index (χ4n) is 2.73. The van der Waals surface area contributed by atoms with E-state index >= 15 is 0 Å². The van der Waals surface area contributed by atoms with Crippen molar-refractivity contribution in [1.29, 1.82) is 0 Å². The van der Waals surface area contributed by atoms with Gasteiger partial charge in [0.25, 0.3) is 0 Å². The van der Waals surface area contributed by atoms with Gasteiger partial charge in [-0.3, -0.25) is 4.68 Å². The summed E-state index contributed by atoms with van der Waals surface area (Å²) in [4.78, 5) is 11.1. The predicted octanol–water partition coefficient (Wildman–Crippen LogP) is 2.67. The molecule has 2 heterocycles. The second kappa shape index (κ2) is 5.05. The van der Waals surface area contributed by atoms with Gasteiger partial charge in [-0.05, 0) is 30.5 Å². The Kier molecular flexibility index (Phi) is 3.03. The van der Waals surface area contributed by atoms with E-state index < -0.39 is 0 Å². The summed E-state index contributed by atoms with van der Waals surface area (Å²) in [5, 5.41) is 5.23. The highest BCUT2D eigenvalue weighted by molar-refractivity contribution is 5.86. The summed E-state index contributed by atoms with van der Waals surface area (Å²) in [7, 11) is 1.88. The number of halogens is 1. The van der Waals surface area contributed by atoms with Gasteiger partial charge in [0, 0.05) is 19.6 Å². The fourth-order valence-corrected chi connectivity index (χ4v) is 2.73. The minimum Gasteiger partial charge on any atom is -0.349 e. The maximum atomic E-state index is 13.1. The van der Waals surface area contributed by atoms with Crippen LogP contribution >= 0.6 is 0 Å². The molecule has 0 radical (unpaired) electrons. The van der Waals surface area contributed by atoms with E-state index in [1.165, 1.54) is 12.1 Å². The van der Waals surface area contributed by atoms with Crippen LogP contribution < -0.4 is 4.90 Å². The van der Waals surface area contributed by atoms with Crippen LogP contribution in [0.4, 0.5) is 10.2 Å². The molecule has 1 saturated carbocycles. The van der Waals surface area contributed by atoms with Crippen molar-refractivity contribution in [3.05, 3.63) is 48.2 Å². The Bertz CT molecular complexity index is 807. The quantitative estimate of drug-likeness (QED) is 0.743. The standard InChI is InChI=1S/C16H16FN5/c1-21-15-14(8-20-21)16(19-10-18-15)22(13-6-7-13)9-11-2-4-12(17)5-3-11/h2-5,8,10,13H,6-7,9H2,1H3. The molecule has 1 fully saturated rings. The fraction of sp³-hybridized carbons (Fsp3) is 0.312. The number of anilines is 1. The summed E-state index contributed by atoms with van der Waals surface area (Å²) >= 11 is 0. The number of benzene rings is 1. The third-order valence-electron chi connectivity index (χ3n) is 4.03. The Morgan fingerprint density at radius 2 is 2.00 bits per heavy atom. The van der Waals surface area contributed by atoms with Crippen LogP contribution in [0.3, 0.4) is 0 Å². The van der Waals surface area contributed by atoms with Gasteiger partial charge in [-0.1, -0.05) is 12.1 Å². The van der Waals surface area contributed by atoms with Crippen molar-refractivity contribution in [2.75, 3.05) is 4.90 Å². The number of hydrogen-bond donors (Lipinski definition) is 0. The molecule has 1 aliphatic rings. The van der Waals surface area contributed by atoms with Crippen molar-refractivity contribution in [3.63, 3.8) is 0 Å². The van der Waals surface area contributed by atoms with E-state index in [4.69, 9.17) is 0 Å². The minimum atomic E-state index is -0.210. The molecule has 5 nitrogen and oxygen atoms in total. The predicted molar refractivity (Wildman–Crippen MR) is 81.9 cm³/mol. The normalized spacial score (nSPS) is 14.5. The number of hydrogen-bond acceptors (Lipinski definition) is 4. The van der Waals surface area contributed by atoms with Crippen molar-refractivity contribution in [3.8, 4) is 0 Å². The van der Waals surface area contributed by atoms with Crippen LogP contribution in [0.2, 0.25) is 0 Å². The lowest BCUT2D eigenvalue weighted by Gasteiger charge is -2.24. The monoisotopic (exact) mass is 297 g/mol. The molecule has 0 atom stereocenters. The largest absolute Gasteiger partial charge is 0.349 e. The van der Waals surface area contributed by atoms with Gasteiger partial charge in [-0.25, -0.2) is 14.4 Å². The zero-order valence-corrected chi connectivity index (χ0v) is 12.3. The molecule has 112 valence electrons. The molecular weight excluding hydrogens is 281 g/mol. The number of fused-ring (bicyclic) bond motifs is 1. The Hall–Kier alpha value is -2.50. The molecule has 0 saturated heterocycles. The highest BCUT2D eigenvalue weighted by Gasteiger charge is 2.31. The smallest absolute Gasteiger partial charge is 0.163 e. The first kappa shape index (κ1) is 13.2. The number of nitrogens with zero attached hydrogens (tertiary/aromatic N) is 5. The van der Waals surface area contributed by atoms with E-state index in [1.807, 2.05) is 25.4 Å². The van der Waals surface area contributed by atoms with Crippen LogP contribution in [0.15, 0.2) is 36.8 Å². The van der Waals surface area contributed by atoms with Crippen LogP contribution in [-0.4, -0.2) is 25.8 Å². The average molecular weight is 297 g/mol. The zero-order valence-electron chi connectivity index (χ0n) is 12.3. The highest BCUT2D eigenvalue weighted by Crippen LogP contribution is 2.34. The average Bonchev–Trinajstić information content (AvgIpc) is 3.30. The summed E-state index contributed by atoms with van der Waals surface area (Å²) in [6, 6.07) is 7.14. The maximum absolute atomic E-state index is 13.1. The van der Waals surface area contributed by atoms with Crippen LogP contribution in [0.25, 0.3) is 11.0 Å². The Labute approximate surface area is 127 Å². The number of aryl methyl sites for hydroxylation is 1. The van der Waals surface area contributed by atoms with Crippen molar-refractivity contribution in [2.45, 2.75) is 25.4 Å². The van der Waals surface area contributed by atoms with E-state index in [9.17, 15) is 4.39 Å². The third-order valence-corrected chi connectivity index (χ3v) is 4.03. The number of rotatable bonds is 4. The molecule has 1 aliphatic carbocycles. The van der Waals surface area contributed by atoms with Crippen LogP contribution in [0, 0.1) is 5.82 Å². The lowest BCUT2D eigenvalue weighted by Crippen LogP contribution is -2.26. The molecule has 2 aromatic heterocycles. The third kappa shape index (κ3) is 2.30. The van der Waals surface area contributed by atoms with E-state index in [0.717, 1.165) is 35.3 Å². The first-order valence-corrected chi connectivity index (χ1v) is 7.36. The number of aromatic nitrogens is 4. The molecule has 0 aliphatic heterocycles. The molecule has 3 aromatic rings. The summed E-state index contributed by atoms with van der Waals surface area (Å²) in [5.74, 6) is 0.698. The van der Waals surface area contributed by atoms with Gasteiger partial charge in [0.05, 0.1) is 11.6 Å². The van der Waals surface area contributed by atoms with Crippen molar-refractivity contribution < 1.29 is 4.39 Å². The van der Waals surface area contributed by atoms with Gasteiger partial charge in [0.2, 0.25) is 0 Å². The molecule has 22 heavy (non-hydrogen) atoms. The van der Waals surface area contributed by atoms with Crippen molar-refractivity contribution in [2.24, 2.45) is 7.05 Å². The molecule has 0 N–H and O–H groups in total. The first-order valence-electron chi connectivity index (χ1n) is 7.36. The molecular formula is C16H16FN5. The zero-order chi connectivity index (χ0) is 15.1. The lowest BCUT2D eigenvalue weighted by atomic mass is 10.2. The van der Waals surface area contributed by atoms with E-state index in [2.05, 4.69) is 20.0 Å². The maximum Gasteiger partial charge on any atom is 0.163 e. The molecule has 4 rings (SSSR count). The van der Waals surface area contributed by atoms with Crippen LogP contribution in [-0.2, 0) is 13.6 Å². The second-order valence-electron chi connectivity index (χ2n) is 5.69. The summed E-state index contributed by atoms with van der Waals surface area (Å²) in [6.45, 7) is 0.714. The Morgan fingerprint density at radius 1 is 1.23 bits per heavy atom. The van der Waals surface area contributed by atoms with E-state index in [0.29, 0.717) is 12.6 Å². The van der Waals surface area contributed by atoms with E-state index in [1.54, 1.807) is 11.0 Å². The van der Waals surface area contributed by atoms with Crippen molar-refractivity contribution >= 4 is 16.9 Å². The summed E-state index contributed by atoms with van der Waals surface area (Å²) in [5.41, 5.74) is 1.90.